The molecule has 1 amide bonds. The Morgan fingerprint density at radius 3 is 2.65 bits per heavy atom. The van der Waals surface area contributed by atoms with Gasteiger partial charge in [-0.2, -0.15) is 4.98 Å². The number of nitrogens with two attached hydrogens (primary N) is 1. The molecule has 0 saturated carbocycles. The first-order valence-electron chi connectivity index (χ1n) is 9.71. The molecule has 4 aromatic rings. The molecule has 0 radical (unpaired) electrons. The molecule has 3 heterocycles. The monoisotopic (exact) mass is 426 g/mol. The highest BCUT2D eigenvalue weighted by atomic mass is 32.1. The molecule has 152 valence electrons. The number of thiazole rings is 1. The number of hydrogen-bond donors (Lipinski definition) is 1. The van der Waals surface area contributed by atoms with Gasteiger partial charge in [0.25, 0.3) is 11.5 Å². The zero-order valence-electron chi connectivity index (χ0n) is 16.9. The zero-order valence-corrected chi connectivity index (χ0v) is 17.7. The minimum atomic E-state index is -0.473. The molecule has 2 N–H and O–H groups in total. The fraction of sp³-hybridized carbons (Fsp3) is 0.0833. The molecule has 0 aliphatic carbocycles. The van der Waals surface area contributed by atoms with Crippen molar-refractivity contribution in [3.63, 3.8) is 0 Å². The number of aryl methyl sites for hydroxylation is 2. The van der Waals surface area contributed by atoms with Gasteiger partial charge in [-0.05, 0) is 43.2 Å². The first-order chi connectivity index (χ1) is 14.9. The first-order valence-corrected chi connectivity index (χ1v) is 10.6. The van der Waals surface area contributed by atoms with Crippen LogP contribution < -0.4 is 21.9 Å². The van der Waals surface area contributed by atoms with Crippen molar-refractivity contribution in [3.8, 4) is 11.3 Å². The molecule has 6 nitrogen and oxygen atoms in total. The molecular weight excluding hydrogens is 408 g/mol. The van der Waals surface area contributed by atoms with E-state index in [1.54, 1.807) is 10.5 Å². The van der Waals surface area contributed by atoms with E-state index in [4.69, 9.17) is 5.73 Å². The number of nitrogens with zero attached hydrogens (tertiary/aromatic N) is 3. The smallest absolute Gasteiger partial charge is 0.283 e. The number of nitrogen functional groups attached to an aromatic ring is 1. The molecule has 1 aliphatic heterocycles. The predicted octanol–water partition coefficient (Wildman–Crippen LogP) is 2.65. The molecule has 5 rings (SSSR count). The van der Waals surface area contributed by atoms with Crippen LogP contribution >= 0.6 is 11.3 Å². The topological polar surface area (TPSA) is 89.8 Å². The Labute approximate surface area is 181 Å². The molecule has 0 atom stereocenters. The van der Waals surface area contributed by atoms with Crippen LogP contribution in [0.2, 0.25) is 0 Å². The van der Waals surface area contributed by atoms with Crippen LogP contribution in [0.25, 0.3) is 28.4 Å². The molecule has 0 fully saturated rings. The van der Waals surface area contributed by atoms with E-state index in [0.29, 0.717) is 15.9 Å². The number of carbonyl (C=O) groups excluding carboxylic acids is 1. The third-order valence-corrected chi connectivity index (χ3v) is 6.09. The summed E-state index contributed by atoms with van der Waals surface area (Å²) in [6, 6.07) is 13.7. The van der Waals surface area contributed by atoms with Crippen molar-refractivity contribution < 1.29 is 4.79 Å². The fourth-order valence-corrected chi connectivity index (χ4v) is 4.75. The lowest BCUT2D eigenvalue weighted by molar-refractivity contribution is -0.114. The average molecular weight is 427 g/mol. The van der Waals surface area contributed by atoms with Crippen molar-refractivity contribution in [2.75, 3.05) is 5.73 Å². The van der Waals surface area contributed by atoms with Gasteiger partial charge in [0.2, 0.25) is 0 Å². The summed E-state index contributed by atoms with van der Waals surface area (Å²) in [5.74, 6) is -0.160. The number of benzene rings is 2. The molecule has 0 unspecified atom stereocenters. The summed E-state index contributed by atoms with van der Waals surface area (Å²) in [7, 11) is 0. The van der Waals surface area contributed by atoms with E-state index in [1.807, 2.05) is 61.7 Å². The van der Waals surface area contributed by atoms with Gasteiger partial charge < -0.3 is 5.73 Å². The van der Waals surface area contributed by atoms with Gasteiger partial charge >= 0.3 is 0 Å². The normalized spacial score (nSPS) is 14.4. The Balaban J connectivity index is 1.74. The lowest BCUT2D eigenvalue weighted by atomic mass is 10.0. The van der Waals surface area contributed by atoms with Crippen molar-refractivity contribution in [1.82, 2.24) is 9.38 Å². The summed E-state index contributed by atoms with van der Waals surface area (Å²) in [4.78, 5) is 34.4. The summed E-state index contributed by atoms with van der Waals surface area (Å²) in [5, 5.41) is 3.42. The van der Waals surface area contributed by atoms with Gasteiger partial charge in [0.15, 0.2) is 4.96 Å². The predicted molar refractivity (Wildman–Crippen MR) is 123 cm³/mol. The summed E-state index contributed by atoms with van der Waals surface area (Å²) < 4.78 is 1.75. The zero-order chi connectivity index (χ0) is 21.7. The Morgan fingerprint density at radius 1 is 1.10 bits per heavy atom. The highest BCUT2D eigenvalue weighted by molar-refractivity contribution is 7.15. The molecule has 2 aromatic heterocycles. The van der Waals surface area contributed by atoms with Gasteiger partial charge in [-0.25, -0.2) is 4.99 Å². The van der Waals surface area contributed by atoms with Crippen LogP contribution in [0.1, 0.15) is 16.7 Å². The van der Waals surface area contributed by atoms with Gasteiger partial charge in [-0.15, -0.1) is 11.3 Å². The van der Waals surface area contributed by atoms with E-state index in [9.17, 15) is 9.59 Å². The van der Waals surface area contributed by atoms with Gasteiger partial charge in [-0.3, -0.25) is 14.0 Å². The van der Waals surface area contributed by atoms with E-state index in [0.717, 1.165) is 27.6 Å². The summed E-state index contributed by atoms with van der Waals surface area (Å²) >= 11 is 1.34. The SMILES string of the molecule is Cc1cc(C)c2c(c1)=C/C(=C\c1c(N)n3c(-c4ccccc4)csc3nc1=O)C(=O)N=2. The van der Waals surface area contributed by atoms with Crippen LogP contribution in [0.3, 0.4) is 0 Å². The molecule has 0 spiro atoms. The Bertz CT molecular complexity index is 1590. The minimum Gasteiger partial charge on any atom is -0.384 e. The van der Waals surface area contributed by atoms with E-state index >= 15 is 0 Å². The average Bonchev–Trinajstić information content (AvgIpc) is 3.16. The largest absolute Gasteiger partial charge is 0.384 e. The van der Waals surface area contributed by atoms with E-state index in [1.165, 1.54) is 17.4 Å². The van der Waals surface area contributed by atoms with Crippen molar-refractivity contribution in [3.05, 3.63) is 91.0 Å². The number of aromatic nitrogens is 2. The molecule has 31 heavy (non-hydrogen) atoms. The molecule has 0 saturated heterocycles. The number of fused-ring (bicyclic) bond motifs is 2. The van der Waals surface area contributed by atoms with E-state index < -0.39 is 11.5 Å². The fourth-order valence-electron chi connectivity index (χ4n) is 3.85. The number of hydrogen-bond acceptors (Lipinski definition) is 5. The molecule has 1 aliphatic rings. The Kier molecular flexibility index (Phi) is 4.41. The molecule has 0 bridgehead atoms. The maximum Gasteiger partial charge on any atom is 0.283 e. The highest BCUT2D eigenvalue weighted by Crippen LogP contribution is 2.28. The van der Waals surface area contributed by atoms with Crippen molar-refractivity contribution in [1.29, 1.82) is 0 Å². The highest BCUT2D eigenvalue weighted by Gasteiger charge is 2.18. The third kappa shape index (κ3) is 3.19. The Morgan fingerprint density at radius 2 is 1.87 bits per heavy atom. The van der Waals surface area contributed by atoms with Crippen molar-refractivity contribution >= 4 is 40.2 Å². The molecule has 7 heteroatoms. The number of rotatable bonds is 2. The third-order valence-electron chi connectivity index (χ3n) is 5.27. The minimum absolute atomic E-state index is 0.177. The maximum atomic E-state index is 12.7. The first kappa shape index (κ1) is 19.1. The second-order valence-corrected chi connectivity index (χ2v) is 8.34. The van der Waals surface area contributed by atoms with Crippen LogP contribution in [-0.4, -0.2) is 15.3 Å². The van der Waals surface area contributed by atoms with Crippen LogP contribution in [0.4, 0.5) is 5.82 Å². The number of anilines is 1. The summed E-state index contributed by atoms with van der Waals surface area (Å²) in [6.45, 7) is 3.92. The van der Waals surface area contributed by atoms with Crippen molar-refractivity contribution in [2.24, 2.45) is 4.99 Å². The molecular formula is C24H18N4O2S. The second kappa shape index (κ2) is 7.14. The standard InChI is InChI=1S/C24H18N4O2S/c1-13-8-14(2)20-16(9-13)10-17(22(29)26-20)11-18-21(25)28-19(15-6-4-3-5-7-15)12-31-24(28)27-23(18)30/h3-12H,25H2,1-2H3/b17-11+. The second-order valence-electron chi connectivity index (χ2n) is 7.50. The van der Waals surface area contributed by atoms with Crippen LogP contribution in [0.5, 0.6) is 0 Å². The quantitative estimate of drug-likeness (QED) is 0.499. The van der Waals surface area contributed by atoms with Gasteiger partial charge in [0, 0.05) is 16.2 Å². The molecule has 2 aromatic carbocycles. The lowest BCUT2D eigenvalue weighted by Crippen LogP contribution is -2.33. The van der Waals surface area contributed by atoms with Crippen LogP contribution in [0, 0.1) is 13.8 Å². The maximum absolute atomic E-state index is 12.7. The number of amides is 1. The van der Waals surface area contributed by atoms with Gasteiger partial charge in [0.1, 0.15) is 5.82 Å². The van der Waals surface area contributed by atoms with Gasteiger partial charge in [0.05, 0.1) is 16.6 Å². The van der Waals surface area contributed by atoms with E-state index in [2.05, 4.69) is 9.98 Å². The van der Waals surface area contributed by atoms with Gasteiger partial charge in [-0.1, -0.05) is 42.0 Å². The summed E-state index contributed by atoms with van der Waals surface area (Å²) in [5.41, 5.74) is 10.3. The lowest BCUT2D eigenvalue weighted by Gasteiger charge is -2.09. The van der Waals surface area contributed by atoms with Crippen LogP contribution in [0.15, 0.2) is 63.2 Å². The number of carbonyl (C=O) groups is 1. The van der Waals surface area contributed by atoms with Crippen LogP contribution in [-0.2, 0) is 4.79 Å². The van der Waals surface area contributed by atoms with E-state index in [-0.39, 0.29) is 11.4 Å². The summed E-state index contributed by atoms with van der Waals surface area (Å²) in [6.07, 6.45) is 3.25. The van der Waals surface area contributed by atoms with Crippen molar-refractivity contribution in [2.45, 2.75) is 13.8 Å². The Hall–Kier alpha value is -3.84.